The van der Waals surface area contributed by atoms with Gasteiger partial charge in [-0.3, -0.25) is 0 Å². The molecular formula is C23H29FO2. The van der Waals surface area contributed by atoms with Crippen LogP contribution in [-0.2, 0) is 0 Å². The molecule has 1 aliphatic carbocycles. The van der Waals surface area contributed by atoms with Gasteiger partial charge in [0.15, 0.2) is 0 Å². The van der Waals surface area contributed by atoms with Crippen LogP contribution >= 0.6 is 0 Å². The van der Waals surface area contributed by atoms with E-state index in [0.717, 1.165) is 24.3 Å². The molecular weight excluding hydrogens is 327 g/mol. The predicted molar refractivity (Wildman–Crippen MR) is 104 cm³/mol. The highest BCUT2D eigenvalue weighted by molar-refractivity contribution is 5.91. The number of hydrogen-bond acceptors (Lipinski definition) is 2. The van der Waals surface area contributed by atoms with E-state index in [0.29, 0.717) is 11.7 Å². The summed E-state index contributed by atoms with van der Waals surface area (Å²) in [5.41, 5.74) is 0.989. The predicted octanol–water partition coefficient (Wildman–Crippen LogP) is 6.75. The molecule has 26 heavy (non-hydrogen) atoms. The first-order chi connectivity index (χ1) is 12.7. The van der Waals surface area contributed by atoms with Crippen molar-refractivity contribution in [2.24, 2.45) is 5.92 Å². The van der Waals surface area contributed by atoms with Crippen molar-refractivity contribution in [2.45, 2.75) is 58.8 Å². The van der Waals surface area contributed by atoms with Crippen molar-refractivity contribution in [3.63, 3.8) is 0 Å². The highest BCUT2D eigenvalue weighted by atomic mass is 19.1. The third-order valence-corrected chi connectivity index (χ3v) is 5.06. The number of para-hydroxylation sites is 1. The zero-order valence-electron chi connectivity index (χ0n) is 16.0. The van der Waals surface area contributed by atoms with Crippen molar-refractivity contribution in [3.8, 4) is 5.75 Å². The first kappa shape index (κ1) is 20.2. The van der Waals surface area contributed by atoms with Crippen molar-refractivity contribution in [1.82, 2.24) is 0 Å². The van der Waals surface area contributed by atoms with Gasteiger partial charge in [0.1, 0.15) is 11.6 Å². The Morgan fingerprint density at radius 1 is 1.04 bits per heavy atom. The van der Waals surface area contributed by atoms with E-state index in [1.54, 1.807) is 30.3 Å². The standard InChI is InChI=1S/C21H23FO2.C2H6/c1-2-15-8-10-16(11-9-15)17-12-13-19(20(22)14-17)21(23)24-18-6-4-3-5-7-18;1-2/h3-7,12-16H,2,8-11H2,1H3;1-2H3. The lowest BCUT2D eigenvalue weighted by molar-refractivity contribution is 0.0730. The van der Waals surface area contributed by atoms with Crippen LogP contribution in [0.4, 0.5) is 4.39 Å². The van der Waals surface area contributed by atoms with Crippen LogP contribution in [0.2, 0.25) is 0 Å². The minimum Gasteiger partial charge on any atom is -0.423 e. The topological polar surface area (TPSA) is 26.3 Å². The SMILES string of the molecule is CC.CCC1CCC(c2ccc(C(=O)Oc3ccccc3)c(F)c2)CC1. The summed E-state index contributed by atoms with van der Waals surface area (Å²) in [6.07, 6.45) is 5.85. The quantitative estimate of drug-likeness (QED) is 0.447. The summed E-state index contributed by atoms with van der Waals surface area (Å²) < 4.78 is 19.6. The third-order valence-electron chi connectivity index (χ3n) is 5.06. The Morgan fingerprint density at radius 3 is 2.27 bits per heavy atom. The van der Waals surface area contributed by atoms with Gasteiger partial charge >= 0.3 is 5.97 Å². The van der Waals surface area contributed by atoms with Gasteiger partial charge in [-0.15, -0.1) is 0 Å². The van der Waals surface area contributed by atoms with E-state index < -0.39 is 11.8 Å². The van der Waals surface area contributed by atoms with Crippen LogP contribution < -0.4 is 4.74 Å². The van der Waals surface area contributed by atoms with Crippen LogP contribution in [0.3, 0.4) is 0 Å². The Balaban J connectivity index is 0.00000117. The summed E-state index contributed by atoms with van der Waals surface area (Å²) in [5.74, 6) is 0.488. The molecule has 0 atom stereocenters. The summed E-state index contributed by atoms with van der Waals surface area (Å²) in [6.45, 7) is 6.23. The lowest BCUT2D eigenvalue weighted by atomic mass is 9.78. The number of ether oxygens (including phenoxy) is 1. The number of carbonyl (C=O) groups is 1. The fourth-order valence-corrected chi connectivity index (χ4v) is 3.51. The highest BCUT2D eigenvalue weighted by Crippen LogP contribution is 2.37. The summed E-state index contributed by atoms with van der Waals surface area (Å²) in [7, 11) is 0. The van der Waals surface area contributed by atoms with Gasteiger partial charge < -0.3 is 4.74 Å². The molecule has 0 spiro atoms. The van der Waals surface area contributed by atoms with Crippen molar-refractivity contribution < 1.29 is 13.9 Å². The molecule has 3 heteroatoms. The second-order valence-corrected chi connectivity index (χ2v) is 6.57. The highest BCUT2D eigenvalue weighted by Gasteiger charge is 2.23. The lowest BCUT2D eigenvalue weighted by Crippen LogP contribution is -2.14. The molecule has 0 amide bonds. The smallest absolute Gasteiger partial charge is 0.346 e. The van der Waals surface area contributed by atoms with Crippen LogP contribution in [0.5, 0.6) is 5.75 Å². The molecule has 0 heterocycles. The summed E-state index contributed by atoms with van der Waals surface area (Å²) in [6, 6.07) is 13.7. The monoisotopic (exact) mass is 356 g/mol. The van der Waals surface area contributed by atoms with Gasteiger partial charge in [0, 0.05) is 0 Å². The molecule has 0 radical (unpaired) electrons. The fourth-order valence-electron chi connectivity index (χ4n) is 3.51. The third kappa shape index (κ3) is 5.17. The molecule has 2 aromatic carbocycles. The zero-order valence-corrected chi connectivity index (χ0v) is 16.0. The molecule has 1 aliphatic rings. The van der Waals surface area contributed by atoms with Crippen molar-refractivity contribution in [3.05, 3.63) is 65.5 Å². The number of rotatable bonds is 4. The Bertz CT molecular complexity index is 689. The molecule has 1 saturated carbocycles. The average molecular weight is 356 g/mol. The Hall–Kier alpha value is -2.16. The second kappa shape index (κ2) is 10.1. The Kier molecular flexibility index (Phi) is 7.83. The minimum atomic E-state index is -0.653. The first-order valence-corrected chi connectivity index (χ1v) is 9.74. The number of hydrogen-bond donors (Lipinski definition) is 0. The average Bonchev–Trinajstić information content (AvgIpc) is 2.70. The van der Waals surface area contributed by atoms with E-state index in [1.807, 2.05) is 26.0 Å². The van der Waals surface area contributed by atoms with E-state index in [4.69, 9.17) is 4.74 Å². The normalized spacial score (nSPS) is 19.2. The first-order valence-electron chi connectivity index (χ1n) is 9.74. The number of halogens is 1. The molecule has 0 aromatic heterocycles. The molecule has 0 N–H and O–H groups in total. The number of esters is 1. The van der Waals surface area contributed by atoms with E-state index in [1.165, 1.54) is 25.3 Å². The lowest BCUT2D eigenvalue weighted by Gasteiger charge is -2.28. The molecule has 0 saturated heterocycles. The number of carbonyl (C=O) groups excluding carboxylic acids is 1. The molecule has 2 aromatic rings. The van der Waals surface area contributed by atoms with Gasteiger partial charge in [-0.25, -0.2) is 9.18 Å². The van der Waals surface area contributed by atoms with Crippen molar-refractivity contribution in [1.29, 1.82) is 0 Å². The van der Waals surface area contributed by atoms with Gasteiger partial charge in [-0.2, -0.15) is 0 Å². The molecule has 0 unspecified atom stereocenters. The largest absolute Gasteiger partial charge is 0.423 e. The fraction of sp³-hybridized carbons (Fsp3) is 0.435. The maximum absolute atomic E-state index is 14.4. The number of benzene rings is 2. The molecule has 0 aliphatic heterocycles. The van der Waals surface area contributed by atoms with Crippen LogP contribution in [0, 0.1) is 11.7 Å². The summed E-state index contributed by atoms with van der Waals surface area (Å²) in [4.78, 5) is 12.1. The second-order valence-electron chi connectivity index (χ2n) is 6.57. The van der Waals surface area contributed by atoms with Gasteiger partial charge in [-0.1, -0.05) is 51.5 Å². The van der Waals surface area contributed by atoms with Crippen molar-refractivity contribution in [2.75, 3.05) is 0 Å². The Labute approximate surface area is 156 Å². The zero-order chi connectivity index (χ0) is 18.9. The molecule has 0 bridgehead atoms. The van der Waals surface area contributed by atoms with Crippen LogP contribution in [0.1, 0.15) is 74.7 Å². The van der Waals surface area contributed by atoms with E-state index >= 15 is 0 Å². The minimum absolute atomic E-state index is 0.00940. The maximum Gasteiger partial charge on any atom is 0.346 e. The molecule has 3 rings (SSSR count). The van der Waals surface area contributed by atoms with E-state index in [-0.39, 0.29) is 5.56 Å². The van der Waals surface area contributed by atoms with Crippen molar-refractivity contribution >= 4 is 5.97 Å². The summed E-state index contributed by atoms with van der Waals surface area (Å²) >= 11 is 0. The van der Waals surface area contributed by atoms with Crippen LogP contribution in [0.25, 0.3) is 0 Å². The van der Waals surface area contributed by atoms with E-state index in [9.17, 15) is 9.18 Å². The van der Waals surface area contributed by atoms with Gasteiger partial charge in [0.05, 0.1) is 5.56 Å². The summed E-state index contributed by atoms with van der Waals surface area (Å²) in [5, 5.41) is 0. The van der Waals surface area contributed by atoms with Gasteiger partial charge in [0.25, 0.3) is 0 Å². The Morgan fingerprint density at radius 2 is 1.69 bits per heavy atom. The molecule has 1 fully saturated rings. The van der Waals surface area contributed by atoms with Gasteiger partial charge in [-0.05, 0) is 67.3 Å². The van der Waals surface area contributed by atoms with Crippen LogP contribution in [-0.4, -0.2) is 5.97 Å². The molecule has 140 valence electrons. The van der Waals surface area contributed by atoms with E-state index in [2.05, 4.69) is 6.92 Å². The van der Waals surface area contributed by atoms with Crippen LogP contribution in [0.15, 0.2) is 48.5 Å². The maximum atomic E-state index is 14.4. The molecule has 2 nitrogen and oxygen atoms in total. The van der Waals surface area contributed by atoms with Gasteiger partial charge in [0.2, 0.25) is 0 Å².